The second-order valence-corrected chi connectivity index (χ2v) is 7.49. The molecule has 1 fully saturated rings. The smallest absolute Gasteiger partial charge is 0.255 e. The molecule has 146 valence electrons. The largest absolute Gasteiger partial charge is 0.465 e. The van der Waals surface area contributed by atoms with Crippen LogP contribution in [-0.2, 0) is 9.59 Å². The molecule has 1 atom stereocenters. The fraction of sp³-hybridized carbons (Fsp3) is 0.0909. The van der Waals surface area contributed by atoms with Crippen molar-refractivity contribution < 1.29 is 14.0 Å². The predicted octanol–water partition coefficient (Wildman–Crippen LogP) is 5.41. The van der Waals surface area contributed by atoms with Gasteiger partial charge in [0.25, 0.3) is 5.91 Å². The molecule has 3 aromatic rings. The summed E-state index contributed by atoms with van der Waals surface area (Å²) >= 11 is 11.9. The quantitative estimate of drug-likeness (QED) is 0.554. The Morgan fingerprint density at radius 3 is 2.28 bits per heavy atom. The van der Waals surface area contributed by atoms with Gasteiger partial charge < -0.3 is 9.73 Å². The first-order valence-electron chi connectivity index (χ1n) is 8.86. The Bertz CT molecular complexity index is 1060. The van der Waals surface area contributed by atoms with Crippen LogP contribution >= 0.6 is 23.2 Å². The molecular formula is C22H16Cl2N2O3. The van der Waals surface area contributed by atoms with E-state index in [2.05, 4.69) is 5.32 Å². The lowest BCUT2D eigenvalue weighted by atomic mass is 9.81. The van der Waals surface area contributed by atoms with E-state index in [0.717, 1.165) is 0 Å². The lowest BCUT2D eigenvalue weighted by Crippen LogP contribution is -2.68. The first-order valence-corrected chi connectivity index (χ1v) is 9.62. The molecule has 4 rings (SSSR count). The van der Waals surface area contributed by atoms with Crippen LogP contribution in [0.1, 0.15) is 12.2 Å². The summed E-state index contributed by atoms with van der Waals surface area (Å²) in [7, 11) is 0. The molecule has 1 unspecified atom stereocenters. The highest BCUT2D eigenvalue weighted by Crippen LogP contribution is 2.40. The van der Waals surface area contributed by atoms with Gasteiger partial charge in [0.1, 0.15) is 5.76 Å². The SMILES string of the molecule is O=C1CC(C=Cc2ccco2)(C(=O)Nc2ccc(Cl)cc2)N1c1ccc(Cl)cc1. The topological polar surface area (TPSA) is 62.6 Å². The highest BCUT2D eigenvalue weighted by molar-refractivity contribution is 6.31. The van der Waals surface area contributed by atoms with E-state index in [-0.39, 0.29) is 18.2 Å². The third kappa shape index (κ3) is 3.79. The molecule has 1 aromatic heterocycles. The van der Waals surface area contributed by atoms with Gasteiger partial charge in [-0.2, -0.15) is 0 Å². The van der Waals surface area contributed by atoms with E-state index in [1.54, 1.807) is 79.1 Å². The summed E-state index contributed by atoms with van der Waals surface area (Å²) in [5, 5.41) is 3.99. The Balaban J connectivity index is 1.70. The van der Waals surface area contributed by atoms with E-state index in [4.69, 9.17) is 27.6 Å². The first-order chi connectivity index (χ1) is 14.0. The summed E-state index contributed by atoms with van der Waals surface area (Å²) in [5.74, 6) is 0.0823. The molecule has 1 N–H and O–H groups in total. The van der Waals surface area contributed by atoms with E-state index in [0.29, 0.717) is 27.2 Å². The van der Waals surface area contributed by atoms with Gasteiger partial charge in [-0.25, -0.2) is 0 Å². The molecule has 0 bridgehead atoms. The van der Waals surface area contributed by atoms with Gasteiger partial charge in [0, 0.05) is 21.4 Å². The van der Waals surface area contributed by atoms with E-state index >= 15 is 0 Å². The van der Waals surface area contributed by atoms with Crippen LogP contribution in [-0.4, -0.2) is 17.4 Å². The number of halogens is 2. The number of hydrogen-bond donors (Lipinski definition) is 1. The molecule has 5 nitrogen and oxygen atoms in total. The van der Waals surface area contributed by atoms with Crippen LogP contribution in [0.4, 0.5) is 11.4 Å². The summed E-state index contributed by atoms with van der Waals surface area (Å²) in [5.41, 5.74) is -0.0290. The van der Waals surface area contributed by atoms with Gasteiger partial charge in [0.2, 0.25) is 5.91 Å². The zero-order valence-corrected chi connectivity index (χ0v) is 16.7. The minimum absolute atomic E-state index is 0.0340. The molecule has 1 saturated heterocycles. The molecule has 0 saturated carbocycles. The van der Waals surface area contributed by atoms with Crippen LogP contribution in [0.25, 0.3) is 6.08 Å². The maximum absolute atomic E-state index is 13.3. The van der Waals surface area contributed by atoms with Crippen LogP contribution in [0.15, 0.2) is 77.4 Å². The van der Waals surface area contributed by atoms with Crippen molar-refractivity contribution in [2.45, 2.75) is 12.0 Å². The average molecular weight is 427 g/mol. The highest BCUT2D eigenvalue weighted by Gasteiger charge is 2.55. The molecule has 0 spiro atoms. The van der Waals surface area contributed by atoms with Gasteiger partial charge in [-0.15, -0.1) is 0 Å². The van der Waals surface area contributed by atoms with E-state index in [1.807, 2.05) is 0 Å². The van der Waals surface area contributed by atoms with Crippen LogP contribution in [0.2, 0.25) is 10.0 Å². The molecule has 0 aliphatic carbocycles. The predicted molar refractivity (Wildman–Crippen MR) is 114 cm³/mol. The van der Waals surface area contributed by atoms with Crippen molar-refractivity contribution in [1.29, 1.82) is 0 Å². The van der Waals surface area contributed by atoms with E-state index in [9.17, 15) is 9.59 Å². The molecule has 29 heavy (non-hydrogen) atoms. The fourth-order valence-corrected chi connectivity index (χ4v) is 3.51. The summed E-state index contributed by atoms with van der Waals surface area (Å²) in [6.45, 7) is 0. The third-order valence-electron chi connectivity index (χ3n) is 4.72. The molecule has 0 radical (unpaired) electrons. The fourth-order valence-electron chi connectivity index (χ4n) is 3.25. The Kier molecular flexibility index (Phi) is 5.18. The number of nitrogens with zero attached hydrogens (tertiary/aromatic N) is 1. The number of furan rings is 1. The minimum atomic E-state index is -1.20. The van der Waals surface area contributed by atoms with Crippen molar-refractivity contribution in [2.75, 3.05) is 10.2 Å². The van der Waals surface area contributed by atoms with Crippen molar-refractivity contribution in [1.82, 2.24) is 0 Å². The van der Waals surface area contributed by atoms with Gasteiger partial charge >= 0.3 is 0 Å². The molecular weight excluding hydrogens is 411 g/mol. The van der Waals surface area contributed by atoms with Crippen molar-refractivity contribution in [2.24, 2.45) is 0 Å². The average Bonchev–Trinajstić information content (AvgIpc) is 3.22. The summed E-state index contributed by atoms with van der Waals surface area (Å²) in [6, 6.07) is 17.1. The van der Waals surface area contributed by atoms with Crippen LogP contribution < -0.4 is 10.2 Å². The zero-order valence-electron chi connectivity index (χ0n) is 15.1. The van der Waals surface area contributed by atoms with E-state index in [1.165, 1.54) is 4.90 Å². The Labute approximate surface area is 177 Å². The molecule has 7 heteroatoms. The minimum Gasteiger partial charge on any atom is -0.465 e. The number of anilines is 2. The maximum atomic E-state index is 13.3. The number of nitrogens with one attached hydrogen (secondary N) is 1. The normalized spacial score (nSPS) is 18.7. The lowest BCUT2D eigenvalue weighted by Gasteiger charge is -2.48. The van der Waals surface area contributed by atoms with Crippen LogP contribution in [0, 0.1) is 0 Å². The van der Waals surface area contributed by atoms with Crippen molar-refractivity contribution in [3.63, 3.8) is 0 Å². The number of amides is 2. The number of carbonyl (C=O) groups is 2. The first kappa shape index (κ1) is 19.3. The van der Waals surface area contributed by atoms with Crippen LogP contribution in [0.3, 0.4) is 0 Å². The zero-order chi connectivity index (χ0) is 20.4. The summed E-state index contributed by atoms with van der Waals surface area (Å²) < 4.78 is 5.34. The van der Waals surface area contributed by atoms with Gasteiger partial charge in [-0.3, -0.25) is 14.5 Å². The van der Waals surface area contributed by atoms with E-state index < -0.39 is 5.54 Å². The standard InChI is InChI=1S/C22H16Cl2N2O3/c23-15-3-7-17(8-4-15)25-21(28)22(12-11-19-2-1-13-29-19)14-20(27)26(22)18-9-5-16(24)6-10-18/h1-13H,14H2,(H,25,28). The van der Waals surface area contributed by atoms with Crippen LogP contribution in [0.5, 0.6) is 0 Å². The number of carbonyl (C=O) groups excluding carboxylic acids is 2. The second-order valence-electron chi connectivity index (χ2n) is 6.62. The Morgan fingerprint density at radius 2 is 1.69 bits per heavy atom. The van der Waals surface area contributed by atoms with Crippen molar-refractivity contribution >= 4 is 52.5 Å². The Morgan fingerprint density at radius 1 is 1.03 bits per heavy atom. The van der Waals surface area contributed by atoms with Crippen molar-refractivity contribution in [3.05, 3.63) is 88.8 Å². The molecule has 2 amide bonds. The lowest BCUT2D eigenvalue weighted by molar-refractivity contribution is -0.134. The maximum Gasteiger partial charge on any atom is 0.255 e. The number of rotatable bonds is 5. The van der Waals surface area contributed by atoms with Gasteiger partial charge in [0.15, 0.2) is 5.54 Å². The molecule has 2 heterocycles. The van der Waals surface area contributed by atoms with Crippen molar-refractivity contribution in [3.8, 4) is 0 Å². The number of benzene rings is 2. The molecule has 1 aliphatic rings. The monoisotopic (exact) mass is 426 g/mol. The Hall–Kier alpha value is -3.02. The van der Waals surface area contributed by atoms with Gasteiger partial charge in [-0.05, 0) is 72.8 Å². The third-order valence-corrected chi connectivity index (χ3v) is 5.22. The van der Waals surface area contributed by atoms with Gasteiger partial charge in [0.05, 0.1) is 12.7 Å². The molecule has 1 aliphatic heterocycles. The number of hydrogen-bond acceptors (Lipinski definition) is 3. The summed E-state index contributed by atoms with van der Waals surface area (Å²) in [6.07, 6.45) is 4.96. The number of β-lactam (4-membered cyclic amide) rings is 1. The highest BCUT2D eigenvalue weighted by atomic mass is 35.5. The molecule has 2 aromatic carbocycles. The summed E-state index contributed by atoms with van der Waals surface area (Å²) in [4.78, 5) is 27.3. The van der Waals surface area contributed by atoms with Gasteiger partial charge in [-0.1, -0.05) is 23.2 Å². The second kappa shape index (κ2) is 7.78.